The van der Waals surface area contributed by atoms with Gasteiger partial charge in [-0.2, -0.15) is 0 Å². The van der Waals surface area contributed by atoms with E-state index in [9.17, 15) is 28.8 Å². The highest BCUT2D eigenvalue weighted by atomic mass is 16.6. The van der Waals surface area contributed by atoms with Gasteiger partial charge in [0.05, 0.1) is 34.1 Å². The van der Waals surface area contributed by atoms with Crippen molar-refractivity contribution < 1.29 is 57.9 Å². The summed E-state index contributed by atoms with van der Waals surface area (Å²) in [7, 11) is 7.12. The molecule has 0 saturated carbocycles. The Morgan fingerprint density at radius 3 is 1.56 bits per heavy atom. The molecule has 0 bridgehead atoms. The summed E-state index contributed by atoms with van der Waals surface area (Å²) in [6.07, 6.45) is -0.284. The number of rotatable bonds is 14. The van der Waals surface area contributed by atoms with Gasteiger partial charge in [0.2, 0.25) is 11.6 Å². The van der Waals surface area contributed by atoms with E-state index in [4.69, 9.17) is 19.7 Å². The summed E-state index contributed by atoms with van der Waals surface area (Å²) in [5.74, 6) is -3.89. The van der Waals surface area contributed by atoms with Gasteiger partial charge in [0.15, 0.2) is 0 Å². The molecule has 0 aromatic carbocycles. The Labute approximate surface area is 198 Å². The summed E-state index contributed by atoms with van der Waals surface area (Å²) in [4.78, 5) is 67.5. The number of ketones is 3. The molecule has 0 rings (SSSR count). The highest BCUT2D eigenvalue weighted by Crippen LogP contribution is 1.96. The van der Waals surface area contributed by atoms with Crippen LogP contribution in [0, 0.1) is 0 Å². The number of aliphatic hydroxyl groups is 2. The smallest absolute Gasteiger partial charge is 0.375 e. The van der Waals surface area contributed by atoms with Crippen LogP contribution in [0.15, 0.2) is 0 Å². The number of methoxy groups -OCH3 is 3. The molecule has 0 aliphatic carbocycles. The Kier molecular flexibility index (Phi) is 24.6. The molecule has 0 aromatic heterocycles. The number of hydrogen-bond acceptors (Lipinski definition) is 14. The zero-order chi connectivity index (χ0) is 27.1. The lowest BCUT2D eigenvalue weighted by molar-refractivity contribution is -0.158. The first-order valence-corrected chi connectivity index (χ1v) is 9.85. The van der Waals surface area contributed by atoms with Gasteiger partial charge in [-0.25, -0.2) is 9.59 Å². The van der Waals surface area contributed by atoms with E-state index in [2.05, 4.69) is 9.47 Å². The van der Waals surface area contributed by atoms with E-state index in [1.54, 1.807) is 19.0 Å². The number of esters is 3. The van der Waals surface area contributed by atoms with Crippen molar-refractivity contribution in [1.29, 1.82) is 0 Å². The fourth-order valence-electron chi connectivity index (χ4n) is 1.48. The summed E-state index contributed by atoms with van der Waals surface area (Å²) >= 11 is 0. The third kappa shape index (κ3) is 23.9. The molecule has 0 aromatic rings. The first-order valence-electron chi connectivity index (χ1n) is 9.85. The van der Waals surface area contributed by atoms with Crippen LogP contribution in [0.1, 0.15) is 32.6 Å². The molecule has 14 nitrogen and oxygen atoms in total. The van der Waals surface area contributed by atoms with Crippen LogP contribution in [0.4, 0.5) is 0 Å². The lowest BCUT2D eigenvalue weighted by atomic mass is 10.2. The zero-order valence-corrected chi connectivity index (χ0v) is 20.5. The number of nitrogens with zero attached hydrogens (tertiary/aromatic N) is 2. The van der Waals surface area contributed by atoms with E-state index in [-0.39, 0.29) is 51.7 Å². The quantitative estimate of drug-likeness (QED) is 0.122. The van der Waals surface area contributed by atoms with Gasteiger partial charge in [0, 0.05) is 26.4 Å². The first-order chi connectivity index (χ1) is 15.9. The predicted molar refractivity (Wildman–Crippen MR) is 116 cm³/mol. The number of aliphatic hydroxyl groups excluding tert-OH is 2. The minimum absolute atomic E-state index is 0.0154. The maximum absolute atomic E-state index is 11.1. The van der Waals surface area contributed by atoms with Crippen LogP contribution in [0.25, 0.3) is 0 Å². The average Bonchev–Trinajstić information content (AvgIpc) is 2.83. The van der Waals surface area contributed by atoms with Gasteiger partial charge < -0.3 is 34.0 Å². The van der Waals surface area contributed by atoms with Crippen LogP contribution < -0.4 is 0 Å². The Hall–Kier alpha value is -2.78. The minimum Gasteiger partial charge on any atom is -0.469 e. The maximum Gasteiger partial charge on any atom is 0.375 e. The zero-order valence-electron chi connectivity index (χ0n) is 20.5. The van der Waals surface area contributed by atoms with Crippen molar-refractivity contribution in [2.75, 3.05) is 62.3 Å². The summed E-state index contributed by atoms with van der Waals surface area (Å²) in [6.45, 7) is 1.48. The van der Waals surface area contributed by atoms with Gasteiger partial charge >= 0.3 is 17.9 Å². The molecule has 0 aliphatic heterocycles. The molecular formula is C20H36N2O12. The van der Waals surface area contributed by atoms with Crippen LogP contribution in [0.2, 0.25) is 0 Å². The third-order valence-electron chi connectivity index (χ3n) is 3.38. The number of ether oxygens (including phenoxy) is 4. The predicted octanol–water partition coefficient (Wildman–Crippen LogP) is -1.54. The second-order valence-electron chi connectivity index (χ2n) is 6.59. The highest BCUT2D eigenvalue weighted by Gasteiger charge is 2.16. The number of Topliss-reactive ketones (excluding diaryl/α,β-unsaturated/α-hetero) is 3. The number of carbonyl (C=O) groups excluding carboxylic acids is 6. The summed E-state index contributed by atoms with van der Waals surface area (Å²) in [6, 6.07) is 0. The van der Waals surface area contributed by atoms with E-state index in [0.717, 1.165) is 7.11 Å². The molecule has 0 amide bonds. The van der Waals surface area contributed by atoms with E-state index in [1.165, 1.54) is 26.0 Å². The molecule has 0 aliphatic rings. The molecule has 0 fully saturated rings. The van der Waals surface area contributed by atoms with Gasteiger partial charge in [-0.3, -0.25) is 24.2 Å². The first kappa shape index (κ1) is 35.8. The number of carbonyl (C=O) groups is 6. The van der Waals surface area contributed by atoms with E-state index >= 15 is 0 Å². The van der Waals surface area contributed by atoms with Crippen molar-refractivity contribution in [3.05, 3.63) is 0 Å². The Morgan fingerprint density at radius 1 is 0.676 bits per heavy atom. The molecule has 0 saturated heterocycles. The van der Waals surface area contributed by atoms with Crippen molar-refractivity contribution in [3.63, 3.8) is 0 Å². The molecule has 198 valence electrons. The lowest BCUT2D eigenvalue weighted by Crippen LogP contribution is -2.28. The highest BCUT2D eigenvalue weighted by molar-refractivity contribution is 6.34. The van der Waals surface area contributed by atoms with Crippen LogP contribution >= 0.6 is 0 Å². The lowest BCUT2D eigenvalue weighted by Gasteiger charge is -2.14. The van der Waals surface area contributed by atoms with Crippen molar-refractivity contribution in [2.45, 2.75) is 32.6 Å². The molecule has 0 atom stereocenters. The fraction of sp³-hybridized carbons (Fsp3) is 0.700. The van der Waals surface area contributed by atoms with Gasteiger partial charge in [-0.1, -0.05) is 0 Å². The summed E-state index contributed by atoms with van der Waals surface area (Å²) < 4.78 is 17.9. The normalized spacial score (nSPS) is 9.71. The Balaban J connectivity index is -0.000000469. The Bertz CT molecular complexity index is 635. The summed E-state index contributed by atoms with van der Waals surface area (Å²) in [5.41, 5.74) is 0. The fourth-order valence-corrected chi connectivity index (χ4v) is 1.48. The molecule has 2 N–H and O–H groups in total. The van der Waals surface area contributed by atoms with Crippen LogP contribution in [-0.2, 0) is 47.7 Å². The number of hydrogen-bond donors (Lipinski definition) is 2. The van der Waals surface area contributed by atoms with Gasteiger partial charge in [0.25, 0.3) is 0 Å². The van der Waals surface area contributed by atoms with Gasteiger partial charge in [0.1, 0.15) is 19.2 Å². The van der Waals surface area contributed by atoms with Crippen LogP contribution in [0.3, 0.4) is 0 Å². The summed E-state index contributed by atoms with van der Waals surface area (Å²) in [5, 5.41) is 16.2. The van der Waals surface area contributed by atoms with E-state index < -0.39 is 29.5 Å². The van der Waals surface area contributed by atoms with Crippen molar-refractivity contribution in [2.24, 2.45) is 0 Å². The molecule has 0 spiro atoms. The van der Waals surface area contributed by atoms with Crippen LogP contribution in [-0.4, -0.2) is 118 Å². The molecule has 0 radical (unpaired) electrons. The van der Waals surface area contributed by atoms with Gasteiger partial charge in [-0.05, 0) is 21.0 Å². The maximum atomic E-state index is 11.1. The standard InChI is InChI=1S/C10H17NO5.C7H10O5.C3H9NO2/c1-8(12)4-5-9(13)10(14)16-7-11(2)6-15-3;1-11-6(9)4-3-5(8)7(10)12-2;1-4(2-5)3-6/h4-7H2,1-3H3;3-4H2,1-2H3;5-6H,2-3H2,1H3. The van der Waals surface area contributed by atoms with E-state index in [0.29, 0.717) is 6.73 Å². The van der Waals surface area contributed by atoms with Crippen molar-refractivity contribution >= 4 is 35.3 Å². The molecule has 0 unspecified atom stereocenters. The second kappa shape index (κ2) is 23.4. The largest absolute Gasteiger partial charge is 0.469 e. The van der Waals surface area contributed by atoms with Crippen molar-refractivity contribution in [1.82, 2.24) is 9.80 Å². The molecule has 14 heteroatoms. The molecule has 0 heterocycles. The minimum atomic E-state index is -0.932. The molecule has 34 heavy (non-hydrogen) atoms. The second-order valence-corrected chi connectivity index (χ2v) is 6.59. The third-order valence-corrected chi connectivity index (χ3v) is 3.38. The monoisotopic (exact) mass is 496 g/mol. The average molecular weight is 497 g/mol. The van der Waals surface area contributed by atoms with Crippen LogP contribution in [0.5, 0.6) is 0 Å². The SMILES string of the molecule is CN(CO)CO.COC(=O)CCC(=O)C(=O)OC.COCN(C)COC(=O)C(=O)CCC(C)=O. The Morgan fingerprint density at radius 2 is 1.18 bits per heavy atom. The topological polar surface area (TPSA) is 186 Å². The van der Waals surface area contributed by atoms with Crippen molar-refractivity contribution in [3.8, 4) is 0 Å². The van der Waals surface area contributed by atoms with Gasteiger partial charge in [-0.15, -0.1) is 0 Å². The van der Waals surface area contributed by atoms with E-state index in [1.807, 2.05) is 0 Å². The molecular weight excluding hydrogens is 460 g/mol.